The van der Waals surface area contributed by atoms with Crippen molar-refractivity contribution < 1.29 is 14.6 Å². The van der Waals surface area contributed by atoms with E-state index in [1.165, 1.54) is 6.33 Å². The number of ether oxygens (including phenoxy) is 2. The Hall–Kier alpha value is -2.74. The minimum atomic E-state index is -1.73. The Kier molecular flexibility index (Phi) is 4.90. The number of hydrogen-bond donors (Lipinski definition) is 2. The molecule has 1 aliphatic rings. The van der Waals surface area contributed by atoms with Gasteiger partial charge in [-0.05, 0) is 24.1 Å². The molecule has 1 fully saturated rings. The van der Waals surface area contributed by atoms with Gasteiger partial charge in [0.25, 0.3) is 0 Å². The Morgan fingerprint density at radius 1 is 1.31 bits per heavy atom. The number of benzene rings is 1. The molecule has 4 rings (SSSR count). The first-order valence-electron chi connectivity index (χ1n) is 9.75. The predicted octanol–water partition coefficient (Wildman–Crippen LogP) is 3.04. The van der Waals surface area contributed by atoms with Crippen LogP contribution in [0.5, 0.6) is 0 Å². The Labute approximate surface area is 169 Å². The molecule has 1 aliphatic heterocycles. The van der Waals surface area contributed by atoms with E-state index in [0.717, 1.165) is 5.56 Å². The van der Waals surface area contributed by atoms with Gasteiger partial charge in [-0.1, -0.05) is 50.3 Å². The lowest BCUT2D eigenvalue weighted by molar-refractivity contribution is -0.262. The van der Waals surface area contributed by atoms with E-state index in [0.29, 0.717) is 30.1 Å². The molecule has 29 heavy (non-hydrogen) atoms. The fourth-order valence-electron chi connectivity index (χ4n) is 4.24. The SMILES string of the molecule is C=C[C@]1(CC)O[C@@](O)(c2ccc3c(N)ncnn23)[C@H](OCc2ccccc2)[C@@H]1C. The number of nitrogens with zero attached hydrogens (tertiary/aromatic N) is 3. The number of aliphatic hydroxyl groups is 1. The number of anilines is 1. The maximum atomic E-state index is 11.8. The molecule has 0 saturated carbocycles. The van der Waals surface area contributed by atoms with Gasteiger partial charge in [0.05, 0.1) is 12.2 Å². The lowest BCUT2D eigenvalue weighted by Crippen LogP contribution is -2.41. The van der Waals surface area contributed by atoms with Crippen LogP contribution in [0.3, 0.4) is 0 Å². The molecule has 1 saturated heterocycles. The van der Waals surface area contributed by atoms with Gasteiger partial charge < -0.3 is 20.3 Å². The van der Waals surface area contributed by atoms with Gasteiger partial charge in [-0.3, -0.25) is 0 Å². The normalized spacial score (nSPS) is 29.3. The summed E-state index contributed by atoms with van der Waals surface area (Å²) >= 11 is 0. The zero-order valence-electron chi connectivity index (χ0n) is 16.7. The van der Waals surface area contributed by atoms with E-state index in [1.807, 2.05) is 44.2 Å². The van der Waals surface area contributed by atoms with E-state index < -0.39 is 17.5 Å². The molecular weight excluding hydrogens is 368 g/mol. The molecule has 7 heteroatoms. The molecule has 3 N–H and O–H groups in total. The fraction of sp³-hybridized carbons (Fsp3) is 0.364. The molecule has 0 amide bonds. The summed E-state index contributed by atoms with van der Waals surface area (Å²) < 4.78 is 14.2. The summed E-state index contributed by atoms with van der Waals surface area (Å²) in [6, 6.07) is 13.4. The van der Waals surface area contributed by atoms with Crippen LogP contribution in [0, 0.1) is 5.92 Å². The Morgan fingerprint density at radius 2 is 2.07 bits per heavy atom. The second-order valence-corrected chi connectivity index (χ2v) is 7.48. The summed E-state index contributed by atoms with van der Waals surface area (Å²) in [6.07, 6.45) is 3.11. The largest absolute Gasteiger partial charge is 0.382 e. The summed E-state index contributed by atoms with van der Waals surface area (Å²) in [4.78, 5) is 4.02. The van der Waals surface area contributed by atoms with Gasteiger partial charge in [-0.25, -0.2) is 9.50 Å². The third-order valence-electron chi connectivity index (χ3n) is 5.98. The number of aromatic nitrogens is 3. The fourth-order valence-corrected chi connectivity index (χ4v) is 4.24. The Balaban J connectivity index is 1.78. The van der Waals surface area contributed by atoms with Gasteiger partial charge in [-0.2, -0.15) is 5.10 Å². The third kappa shape index (κ3) is 3.02. The van der Waals surface area contributed by atoms with Crippen LogP contribution in [0.2, 0.25) is 0 Å². The summed E-state index contributed by atoms with van der Waals surface area (Å²) in [5, 5.41) is 16.1. The van der Waals surface area contributed by atoms with Crippen molar-refractivity contribution in [2.24, 2.45) is 5.92 Å². The molecule has 1 aromatic carbocycles. The van der Waals surface area contributed by atoms with Gasteiger partial charge in [0.2, 0.25) is 5.79 Å². The van der Waals surface area contributed by atoms with E-state index in [-0.39, 0.29) is 5.92 Å². The van der Waals surface area contributed by atoms with Crippen molar-refractivity contribution >= 4 is 11.3 Å². The highest BCUT2D eigenvalue weighted by atomic mass is 16.7. The van der Waals surface area contributed by atoms with Crippen LogP contribution in [0.15, 0.2) is 61.4 Å². The Bertz CT molecular complexity index is 1020. The number of nitrogen functional groups attached to an aromatic ring is 1. The number of rotatable bonds is 6. The third-order valence-corrected chi connectivity index (χ3v) is 5.98. The van der Waals surface area contributed by atoms with Crippen molar-refractivity contribution in [1.29, 1.82) is 0 Å². The monoisotopic (exact) mass is 394 g/mol. The summed E-state index contributed by atoms with van der Waals surface area (Å²) in [6.45, 7) is 8.33. The lowest BCUT2D eigenvalue weighted by Gasteiger charge is -2.30. The molecule has 3 aromatic rings. The molecule has 0 aliphatic carbocycles. The quantitative estimate of drug-likeness (QED) is 0.624. The molecule has 152 valence electrons. The highest BCUT2D eigenvalue weighted by Crippen LogP contribution is 2.50. The first-order chi connectivity index (χ1) is 13.9. The van der Waals surface area contributed by atoms with Crippen molar-refractivity contribution in [3.05, 3.63) is 72.7 Å². The Morgan fingerprint density at radius 3 is 2.76 bits per heavy atom. The molecule has 3 heterocycles. The van der Waals surface area contributed by atoms with Crippen LogP contribution in [-0.2, 0) is 21.9 Å². The standard InChI is InChI=1S/C22H26N4O3/c1-4-21(5-2)15(3)19(28-13-16-9-7-6-8-10-16)22(27,29-21)18-12-11-17-20(23)24-14-25-26(17)18/h4,6-12,14-15,19,27H,1,5,13H2,2-3H3,(H2,23,24,25)/t15-,19+,21+,22-/m0/s1. The molecule has 0 bridgehead atoms. The molecule has 0 unspecified atom stereocenters. The summed E-state index contributed by atoms with van der Waals surface area (Å²) in [7, 11) is 0. The van der Waals surface area contributed by atoms with Gasteiger partial charge in [0, 0.05) is 5.92 Å². The van der Waals surface area contributed by atoms with Gasteiger partial charge in [-0.15, -0.1) is 6.58 Å². The zero-order chi connectivity index (χ0) is 20.6. The smallest absolute Gasteiger partial charge is 0.238 e. The first kappa shape index (κ1) is 19.6. The van der Waals surface area contributed by atoms with E-state index in [2.05, 4.69) is 16.7 Å². The topological polar surface area (TPSA) is 94.9 Å². The second-order valence-electron chi connectivity index (χ2n) is 7.48. The summed E-state index contributed by atoms with van der Waals surface area (Å²) in [5.41, 5.74) is 7.30. The van der Waals surface area contributed by atoms with Gasteiger partial charge >= 0.3 is 0 Å². The first-order valence-corrected chi connectivity index (χ1v) is 9.75. The average molecular weight is 394 g/mol. The lowest BCUT2D eigenvalue weighted by atomic mass is 9.83. The van der Waals surface area contributed by atoms with E-state index in [4.69, 9.17) is 15.2 Å². The van der Waals surface area contributed by atoms with E-state index >= 15 is 0 Å². The van der Waals surface area contributed by atoms with Gasteiger partial charge in [0.1, 0.15) is 23.6 Å². The predicted molar refractivity (Wildman–Crippen MR) is 110 cm³/mol. The maximum Gasteiger partial charge on any atom is 0.238 e. The minimum absolute atomic E-state index is 0.150. The van der Waals surface area contributed by atoms with Crippen LogP contribution in [-0.4, -0.2) is 31.4 Å². The minimum Gasteiger partial charge on any atom is -0.382 e. The number of hydrogen-bond acceptors (Lipinski definition) is 6. The average Bonchev–Trinajstić information content (AvgIpc) is 3.27. The van der Waals surface area contributed by atoms with Crippen LogP contribution in [0.1, 0.15) is 31.5 Å². The molecule has 0 spiro atoms. The highest BCUT2D eigenvalue weighted by Gasteiger charge is 2.61. The van der Waals surface area contributed by atoms with E-state index in [1.54, 1.807) is 22.7 Å². The van der Waals surface area contributed by atoms with Gasteiger partial charge in [0.15, 0.2) is 5.82 Å². The van der Waals surface area contributed by atoms with Crippen molar-refractivity contribution in [3.8, 4) is 0 Å². The molecular formula is C22H26N4O3. The van der Waals surface area contributed by atoms with Crippen molar-refractivity contribution in [2.45, 2.75) is 44.4 Å². The van der Waals surface area contributed by atoms with Crippen molar-refractivity contribution in [2.75, 3.05) is 5.73 Å². The number of fused-ring (bicyclic) bond motifs is 1. The van der Waals surface area contributed by atoms with Crippen LogP contribution in [0.4, 0.5) is 5.82 Å². The molecule has 2 aromatic heterocycles. The van der Waals surface area contributed by atoms with Crippen LogP contribution < -0.4 is 5.73 Å². The zero-order valence-corrected chi connectivity index (χ0v) is 16.7. The summed E-state index contributed by atoms with van der Waals surface area (Å²) in [5.74, 6) is -1.55. The van der Waals surface area contributed by atoms with E-state index in [9.17, 15) is 5.11 Å². The van der Waals surface area contributed by atoms with Crippen LogP contribution >= 0.6 is 0 Å². The molecule has 4 atom stereocenters. The highest BCUT2D eigenvalue weighted by molar-refractivity contribution is 5.65. The van der Waals surface area contributed by atoms with Crippen molar-refractivity contribution in [1.82, 2.24) is 14.6 Å². The van der Waals surface area contributed by atoms with Crippen LogP contribution in [0.25, 0.3) is 5.52 Å². The second kappa shape index (κ2) is 7.26. The number of nitrogens with two attached hydrogens (primary N) is 1. The molecule has 0 radical (unpaired) electrons. The molecule has 7 nitrogen and oxygen atoms in total. The van der Waals surface area contributed by atoms with Crippen molar-refractivity contribution in [3.63, 3.8) is 0 Å². The maximum absolute atomic E-state index is 11.8.